The van der Waals surface area contributed by atoms with Crippen LogP contribution in [0.3, 0.4) is 0 Å². The number of carbonyl (C=O) groups is 2. The molecule has 1 N–H and O–H groups in total. The summed E-state index contributed by atoms with van der Waals surface area (Å²) in [6.07, 6.45) is 3.24. The van der Waals surface area contributed by atoms with Gasteiger partial charge in [0.2, 0.25) is 0 Å². The molecule has 0 saturated carbocycles. The minimum Gasteiger partial charge on any atom is -0.343 e. The van der Waals surface area contributed by atoms with E-state index in [0.717, 1.165) is 24.3 Å². The fraction of sp³-hybridized carbons (Fsp3) is 0.360. The highest BCUT2D eigenvalue weighted by Crippen LogP contribution is 2.35. The molecular weight excluding hydrogens is 438 g/mol. The maximum Gasteiger partial charge on any atom is 0.328 e. The van der Waals surface area contributed by atoms with E-state index >= 15 is 0 Å². The number of amides is 3. The zero-order valence-electron chi connectivity index (χ0n) is 18.8. The van der Waals surface area contributed by atoms with E-state index in [2.05, 4.69) is 22.0 Å². The molecular formula is C25H28ClN5O2. The molecule has 172 valence electrons. The molecule has 3 aliphatic heterocycles. The predicted molar refractivity (Wildman–Crippen MR) is 130 cm³/mol. The summed E-state index contributed by atoms with van der Waals surface area (Å²) in [6, 6.07) is 16.9. The molecule has 8 heteroatoms. The van der Waals surface area contributed by atoms with Crippen LogP contribution in [0.4, 0.5) is 10.5 Å². The summed E-state index contributed by atoms with van der Waals surface area (Å²) in [7, 11) is 1.76. The lowest BCUT2D eigenvalue weighted by molar-refractivity contribution is -0.138. The van der Waals surface area contributed by atoms with E-state index in [1.165, 1.54) is 4.90 Å². The van der Waals surface area contributed by atoms with Gasteiger partial charge in [0.1, 0.15) is 18.5 Å². The molecule has 2 aromatic rings. The standard InChI is InChI=1S/C25H28ClN5O2/c1-17-15-30(20-12-6-11-19(26)14-20)24-27-22-21(31(24)16-17)23(32)29(25(33)28(22)2)13-7-10-18-8-4-3-5-9-18/h3-12,14,17,21-22,24,27H,13,15-16H2,1-2H3/b10-7+. The van der Waals surface area contributed by atoms with Crippen LogP contribution in [0.5, 0.6) is 0 Å². The van der Waals surface area contributed by atoms with Gasteiger partial charge in [-0.15, -0.1) is 0 Å². The predicted octanol–water partition coefficient (Wildman–Crippen LogP) is 3.29. The number of hydrogen-bond acceptors (Lipinski definition) is 5. The molecule has 3 saturated heterocycles. The highest BCUT2D eigenvalue weighted by Gasteiger charge is 2.56. The average molecular weight is 466 g/mol. The molecule has 3 aliphatic rings. The van der Waals surface area contributed by atoms with Crippen molar-refractivity contribution >= 4 is 35.3 Å². The van der Waals surface area contributed by atoms with Crippen LogP contribution < -0.4 is 10.2 Å². The largest absolute Gasteiger partial charge is 0.343 e. The Kier molecular flexibility index (Phi) is 5.86. The van der Waals surface area contributed by atoms with Crippen molar-refractivity contribution < 1.29 is 9.59 Å². The highest BCUT2D eigenvalue weighted by atomic mass is 35.5. The Balaban J connectivity index is 1.40. The van der Waals surface area contributed by atoms with Crippen LogP contribution in [-0.2, 0) is 4.79 Å². The van der Waals surface area contributed by atoms with E-state index in [9.17, 15) is 9.59 Å². The van der Waals surface area contributed by atoms with Crippen LogP contribution in [-0.4, -0.2) is 71.8 Å². The monoisotopic (exact) mass is 465 g/mol. The summed E-state index contributed by atoms with van der Waals surface area (Å²) in [6.45, 7) is 4.04. The minimum atomic E-state index is -0.438. The van der Waals surface area contributed by atoms with E-state index < -0.39 is 6.04 Å². The second-order valence-electron chi connectivity index (χ2n) is 9.02. The van der Waals surface area contributed by atoms with Crippen LogP contribution in [0.2, 0.25) is 5.02 Å². The van der Waals surface area contributed by atoms with Gasteiger partial charge >= 0.3 is 6.03 Å². The molecule has 0 aliphatic carbocycles. The summed E-state index contributed by atoms with van der Waals surface area (Å²) in [5.74, 6) is 0.193. The number of carbonyl (C=O) groups excluding carboxylic acids is 2. The Labute approximate surface area is 199 Å². The number of hydrogen-bond donors (Lipinski definition) is 1. The lowest BCUT2D eigenvalue weighted by Gasteiger charge is -2.46. The summed E-state index contributed by atoms with van der Waals surface area (Å²) in [5, 5.41) is 4.22. The summed E-state index contributed by atoms with van der Waals surface area (Å²) in [5.41, 5.74) is 2.03. The molecule has 3 fully saturated rings. The molecule has 5 rings (SSSR count). The minimum absolute atomic E-state index is 0.157. The molecule has 0 bridgehead atoms. The third-order valence-electron chi connectivity index (χ3n) is 6.62. The Morgan fingerprint density at radius 2 is 1.88 bits per heavy atom. The number of halogens is 1. The topological polar surface area (TPSA) is 59.1 Å². The first-order valence-electron chi connectivity index (χ1n) is 11.3. The van der Waals surface area contributed by atoms with Gasteiger partial charge in [0.05, 0.1) is 0 Å². The number of likely N-dealkylation sites (N-methyl/N-ethyl adjacent to an activating group) is 1. The van der Waals surface area contributed by atoms with Crippen molar-refractivity contribution in [2.24, 2.45) is 5.92 Å². The van der Waals surface area contributed by atoms with E-state index in [0.29, 0.717) is 10.9 Å². The number of benzene rings is 2. The van der Waals surface area contributed by atoms with E-state index in [4.69, 9.17) is 11.6 Å². The van der Waals surface area contributed by atoms with Crippen LogP contribution in [0.15, 0.2) is 60.7 Å². The van der Waals surface area contributed by atoms with Crippen molar-refractivity contribution in [2.45, 2.75) is 25.4 Å². The fourth-order valence-electron chi connectivity index (χ4n) is 5.10. The van der Waals surface area contributed by atoms with Gasteiger partial charge in [0.25, 0.3) is 5.91 Å². The highest BCUT2D eigenvalue weighted by molar-refractivity contribution is 6.30. The number of fused-ring (bicyclic) bond motifs is 3. The summed E-state index contributed by atoms with van der Waals surface area (Å²) >= 11 is 6.26. The molecule has 2 aromatic carbocycles. The maximum absolute atomic E-state index is 13.6. The third kappa shape index (κ3) is 4.01. The Morgan fingerprint density at radius 3 is 2.64 bits per heavy atom. The first-order chi connectivity index (χ1) is 15.9. The zero-order valence-corrected chi connectivity index (χ0v) is 19.5. The number of imide groups is 1. The Morgan fingerprint density at radius 1 is 1.09 bits per heavy atom. The van der Waals surface area contributed by atoms with E-state index in [1.807, 2.05) is 66.7 Å². The zero-order chi connectivity index (χ0) is 23.1. The van der Waals surface area contributed by atoms with Gasteiger partial charge in [-0.05, 0) is 29.7 Å². The molecule has 7 nitrogen and oxygen atoms in total. The molecule has 0 aromatic heterocycles. The molecule has 33 heavy (non-hydrogen) atoms. The SMILES string of the molecule is CC1CN(c2cccc(Cl)c2)C2NC3C(C(=O)N(C/C=C/c4ccccc4)C(=O)N3C)N2C1. The van der Waals surface area contributed by atoms with Gasteiger partial charge < -0.3 is 9.80 Å². The fourth-order valence-corrected chi connectivity index (χ4v) is 5.28. The van der Waals surface area contributed by atoms with Crippen LogP contribution >= 0.6 is 11.6 Å². The number of nitrogens with one attached hydrogen (secondary N) is 1. The van der Waals surface area contributed by atoms with Crippen molar-refractivity contribution in [3.8, 4) is 0 Å². The number of nitrogens with zero attached hydrogens (tertiary/aromatic N) is 4. The van der Waals surface area contributed by atoms with Crippen LogP contribution in [0.1, 0.15) is 12.5 Å². The van der Waals surface area contributed by atoms with Gasteiger partial charge in [-0.3, -0.25) is 19.9 Å². The first kappa shape index (κ1) is 21.9. The van der Waals surface area contributed by atoms with E-state index in [-0.39, 0.29) is 30.9 Å². The second kappa shape index (κ2) is 8.82. The molecule has 3 amide bonds. The molecule has 3 heterocycles. The normalized spacial score (nSPS) is 27.9. The maximum atomic E-state index is 13.6. The lowest BCUT2D eigenvalue weighted by atomic mass is 10.0. The lowest BCUT2D eigenvalue weighted by Crippen LogP contribution is -2.66. The van der Waals surface area contributed by atoms with Crippen molar-refractivity contribution in [2.75, 3.05) is 31.6 Å². The van der Waals surface area contributed by atoms with Crippen molar-refractivity contribution in [3.63, 3.8) is 0 Å². The van der Waals surface area contributed by atoms with Gasteiger partial charge in [-0.1, -0.05) is 67.1 Å². The van der Waals surface area contributed by atoms with Gasteiger partial charge in [-0.2, -0.15) is 0 Å². The smallest absolute Gasteiger partial charge is 0.328 e. The Hall–Kier alpha value is -2.87. The quantitative estimate of drug-likeness (QED) is 0.751. The number of rotatable bonds is 4. The van der Waals surface area contributed by atoms with Gasteiger partial charge in [0, 0.05) is 37.4 Å². The summed E-state index contributed by atoms with van der Waals surface area (Å²) in [4.78, 5) is 34.1. The first-order valence-corrected chi connectivity index (χ1v) is 11.7. The van der Waals surface area contributed by atoms with Crippen molar-refractivity contribution in [1.82, 2.24) is 20.0 Å². The second-order valence-corrected chi connectivity index (χ2v) is 9.46. The van der Waals surface area contributed by atoms with Gasteiger partial charge in [-0.25, -0.2) is 4.79 Å². The number of urea groups is 1. The molecule has 0 spiro atoms. The summed E-state index contributed by atoms with van der Waals surface area (Å²) < 4.78 is 0. The molecule has 0 radical (unpaired) electrons. The van der Waals surface area contributed by atoms with Crippen molar-refractivity contribution in [3.05, 3.63) is 71.3 Å². The third-order valence-corrected chi connectivity index (χ3v) is 6.86. The average Bonchev–Trinajstić information content (AvgIpc) is 3.19. The van der Waals surface area contributed by atoms with Gasteiger partial charge in [0.15, 0.2) is 0 Å². The van der Waals surface area contributed by atoms with E-state index in [1.54, 1.807) is 11.9 Å². The molecule has 4 unspecified atom stereocenters. The Bertz CT molecular complexity index is 1080. The molecule has 4 atom stereocenters. The number of anilines is 1. The van der Waals surface area contributed by atoms with Crippen LogP contribution in [0, 0.1) is 5.92 Å². The van der Waals surface area contributed by atoms with Crippen molar-refractivity contribution in [1.29, 1.82) is 0 Å². The van der Waals surface area contributed by atoms with Crippen LogP contribution in [0.25, 0.3) is 6.08 Å².